The summed E-state index contributed by atoms with van der Waals surface area (Å²) in [6, 6.07) is 0. The molecule has 0 rings (SSSR count). The molecule has 0 aromatic carbocycles. The Balaban J connectivity index is -0.0000000158. The maximum Gasteiger partial charge on any atom is 0 e. The molecule has 0 aliphatic rings. The molecule has 0 fully saturated rings. The maximum atomic E-state index is 7.50. The second-order valence-electron chi connectivity index (χ2n) is 1.22. The van der Waals surface area contributed by atoms with Crippen molar-refractivity contribution in [1.29, 1.82) is 0 Å². The minimum atomic E-state index is 0. The van der Waals surface area contributed by atoms with Gasteiger partial charge in [-0.3, -0.25) is 4.67 Å². The van der Waals surface area contributed by atoms with Gasteiger partial charge in [-0.2, -0.15) is 0 Å². The molecule has 1 atom stereocenters. The van der Waals surface area contributed by atoms with Crippen molar-refractivity contribution in [3.63, 3.8) is 0 Å². The Labute approximate surface area is 119 Å². The predicted octanol–water partition coefficient (Wildman–Crippen LogP) is 0.928. The zero-order valence-electron chi connectivity index (χ0n) is 9.39. The van der Waals surface area contributed by atoms with Crippen molar-refractivity contribution in [3.8, 4) is 0 Å². The third-order valence-corrected chi connectivity index (χ3v) is 1.54. The van der Waals surface area contributed by atoms with Gasteiger partial charge in [-0.05, 0) is 13.1 Å². The molecule has 0 spiro atoms. The molecule has 6 nitrogen and oxygen atoms in total. The van der Waals surface area contributed by atoms with E-state index in [1.54, 1.807) is 0 Å². The van der Waals surface area contributed by atoms with E-state index in [9.17, 15) is 0 Å². The number of nitrogens with zero attached hydrogens (tertiary/aromatic N) is 1. The zero-order chi connectivity index (χ0) is 15.0. The van der Waals surface area contributed by atoms with Gasteiger partial charge in [-0.1, -0.05) is 23.2 Å². The Morgan fingerprint density at radius 1 is 0.706 bits per heavy atom. The predicted molar refractivity (Wildman–Crippen MR) is 52.3 cm³/mol. The molecular weight excluding hydrogens is 329 g/mol. The first-order chi connectivity index (χ1) is 7.81. The van der Waals surface area contributed by atoms with E-state index in [1.807, 2.05) is 0 Å². The molecule has 0 N–H and O–H groups in total. The van der Waals surface area contributed by atoms with E-state index in [-0.39, 0.29) is 21.1 Å². The summed E-state index contributed by atoms with van der Waals surface area (Å²) in [6.07, 6.45) is 0. The van der Waals surface area contributed by atoms with Gasteiger partial charge >= 0.3 is 56.5 Å². The van der Waals surface area contributed by atoms with Crippen LogP contribution in [0.1, 0.15) is 13.8 Å². The second-order valence-corrected chi connectivity index (χ2v) is 1.95. The summed E-state index contributed by atoms with van der Waals surface area (Å²) in [5.74, 6) is 0. The summed E-state index contributed by atoms with van der Waals surface area (Å²) >= 11 is 0. The first-order valence-corrected chi connectivity index (χ1v) is 3.84. The standard InChI is InChI=1S/C4H12NP.5CO.Mo/c1-3-5(6)4-2;5*1-2;/h3-4,6H2,1-2H3;;;;;;. The Morgan fingerprint density at radius 2 is 0.824 bits per heavy atom. The van der Waals surface area contributed by atoms with E-state index in [4.69, 9.17) is 23.3 Å². The van der Waals surface area contributed by atoms with E-state index < -0.39 is 0 Å². The molecule has 1 unspecified atom stereocenters. The molecule has 0 heterocycles. The van der Waals surface area contributed by atoms with Crippen LogP contribution < -0.4 is 0 Å². The fourth-order valence-electron chi connectivity index (χ4n) is 0.224. The van der Waals surface area contributed by atoms with E-state index in [2.05, 4.69) is 61.2 Å². The topological polar surface area (TPSA) is 103 Å². The van der Waals surface area contributed by atoms with Crippen LogP contribution in [0.5, 0.6) is 0 Å². The van der Waals surface area contributed by atoms with Crippen LogP contribution in [0.15, 0.2) is 0 Å². The van der Waals surface area contributed by atoms with Crippen LogP contribution in [0.2, 0.25) is 0 Å². The Hall–Kier alpha value is -0.222. The summed E-state index contributed by atoms with van der Waals surface area (Å²) in [4.78, 5) is 0. The number of rotatable bonds is 2. The van der Waals surface area contributed by atoms with Gasteiger partial charge in [0, 0.05) is 21.1 Å². The molecule has 17 heavy (non-hydrogen) atoms. The minimum absolute atomic E-state index is 0. The van der Waals surface area contributed by atoms with Gasteiger partial charge in [0.25, 0.3) is 0 Å². The molecule has 0 saturated carbocycles. The second kappa shape index (κ2) is 151. The Morgan fingerprint density at radius 3 is 0.824 bits per heavy atom. The Bertz CT molecular complexity index is 140. The third kappa shape index (κ3) is 210. The van der Waals surface area contributed by atoms with Gasteiger partial charge in [-0.15, -0.1) is 0 Å². The fourth-order valence-corrected chi connectivity index (χ4v) is 0.224. The molecule has 94 valence electrons. The molecule has 0 aromatic heterocycles. The molecule has 0 aromatic rings. The van der Waals surface area contributed by atoms with Crippen LogP contribution in [0, 0.1) is 33.3 Å². The normalized spacial score (nSPS) is 4.12. The van der Waals surface area contributed by atoms with Crippen molar-refractivity contribution in [1.82, 2.24) is 4.67 Å². The van der Waals surface area contributed by atoms with Gasteiger partial charge in [0.05, 0.1) is 0 Å². The SMILES string of the molecule is CCN(P)CC.[C-]#[O+].[C-]#[O+].[C-]#[O+].[C-]#[O+].[C-]#[O+].[Mo]. The molecule has 0 amide bonds. The van der Waals surface area contributed by atoms with Crippen molar-refractivity contribution in [2.45, 2.75) is 13.8 Å². The molecule has 0 bridgehead atoms. The van der Waals surface area contributed by atoms with E-state index in [0.29, 0.717) is 0 Å². The summed E-state index contributed by atoms with van der Waals surface area (Å²) < 4.78 is 39.7. The first kappa shape index (κ1) is 43.7. The largest absolute Gasteiger partial charge is 0 e. The van der Waals surface area contributed by atoms with E-state index >= 15 is 0 Å². The third-order valence-electron chi connectivity index (χ3n) is 0.812. The zero-order valence-corrected chi connectivity index (χ0v) is 12.5. The molecule has 8 heteroatoms. The van der Waals surface area contributed by atoms with E-state index in [1.165, 1.54) is 0 Å². The number of hydrogen-bond donors (Lipinski definition) is 0. The minimum Gasteiger partial charge on any atom is 0 e. The summed E-state index contributed by atoms with van der Waals surface area (Å²) in [6.45, 7) is 29.0. The van der Waals surface area contributed by atoms with Crippen molar-refractivity contribution in [2.75, 3.05) is 13.1 Å². The number of hydrogen-bond acceptors (Lipinski definition) is 1. The van der Waals surface area contributed by atoms with Crippen LogP contribution >= 0.6 is 9.39 Å². The fraction of sp³-hybridized carbons (Fsp3) is 0.444. The van der Waals surface area contributed by atoms with Gasteiger partial charge in [0.2, 0.25) is 0 Å². The van der Waals surface area contributed by atoms with Gasteiger partial charge in [0.1, 0.15) is 0 Å². The molecule has 0 aliphatic carbocycles. The van der Waals surface area contributed by atoms with E-state index in [0.717, 1.165) is 13.1 Å². The van der Waals surface area contributed by atoms with Crippen LogP contribution in [-0.2, 0) is 44.3 Å². The quantitative estimate of drug-likeness (QED) is 0.317. The van der Waals surface area contributed by atoms with Crippen molar-refractivity contribution in [3.05, 3.63) is 33.3 Å². The summed E-state index contributed by atoms with van der Waals surface area (Å²) in [7, 11) is 2.64. The van der Waals surface area contributed by atoms with Crippen LogP contribution in [-0.4, -0.2) is 17.8 Å². The van der Waals surface area contributed by atoms with Gasteiger partial charge in [-0.25, -0.2) is 0 Å². The molecule has 0 aliphatic heterocycles. The molecule has 0 radical (unpaired) electrons. The monoisotopic (exact) mass is 343 g/mol. The molecular formula is C9H12MoNO5P. The molecule has 0 saturated heterocycles. The van der Waals surface area contributed by atoms with Crippen molar-refractivity contribution >= 4 is 9.39 Å². The Kier molecular flexibility index (Phi) is 388. The van der Waals surface area contributed by atoms with Crippen LogP contribution in [0.3, 0.4) is 0 Å². The van der Waals surface area contributed by atoms with Crippen LogP contribution in [0.4, 0.5) is 0 Å². The maximum absolute atomic E-state index is 7.50. The van der Waals surface area contributed by atoms with Gasteiger partial charge in [0.15, 0.2) is 0 Å². The van der Waals surface area contributed by atoms with Crippen molar-refractivity contribution < 1.29 is 44.3 Å². The average molecular weight is 341 g/mol. The first-order valence-electron chi connectivity index (χ1n) is 3.33. The van der Waals surface area contributed by atoms with Crippen LogP contribution in [0.25, 0.3) is 0 Å². The summed E-state index contributed by atoms with van der Waals surface area (Å²) in [5.41, 5.74) is 0. The smallest absolute Gasteiger partial charge is 0 e. The van der Waals surface area contributed by atoms with Gasteiger partial charge < -0.3 is 0 Å². The van der Waals surface area contributed by atoms with Crippen molar-refractivity contribution in [2.24, 2.45) is 0 Å². The average Bonchev–Trinajstić information content (AvgIpc) is 2.48. The summed E-state index contributed by atoms with van der Waals surface area (Å²) in [5, 5.41) is 0.